The van der Waals surface area contributed by atoms with Crippen LogP contribution in [0.15, 0.2) is 0 Å². The molecular weight excluding hydrogens is 793 g/mol. The zero-order valence-corrected chi connectivity index (χ0v) is 42.5. The molecule has 10 heteroatoms. The first-order chi connectivity index (χ1) is 31.0. The van der Waals surface area contributed by atoms with E-state index in [1.807, 2.05) is 0 Å². The maximum Gasteiger partial charge on any atom is 0.305 e. The lowest BCUT2D eigenvalue weighted by Gasteiger charge is -2.22. The minimum atomic E-state index is -0.340. The zero-order valence-electron chi connectivity index (χ0n) is 42.5. The molecule has 0 spiro atoms. The van der Waals surface area contributed by atoms with E-state index >= 15 is 0 Å². The number of esters is 2. The molecule has 376 valence electrons. The van der Waals surface area contributed by atoms with E-state index in [1.165, 1.54) is 128 Å². The van der Waals surface area contributed by atoms with Crippen LogP contribution in [-0.2, 0) is 38.0 Å². The molecule has 0 aromatic heterocycles. The molecule has 0 aromatic carbocycles. The molecule has 0 unspecified atom stereocenters. The van der Waals surface area contributed by atoms with Crippen LogP contribution in [0, 0.1) is 0 Å². The normalized spacial score (nSPS) is 11.7. The number of hydrogen-bond donors (Lipinski definition) is 1. The number of nitrogens with zero attached hydrogens (tertiary/aromatic N) is 1. The summed E-state index contributed by atoms with van der Waals surface area (Å²) in [6, 6.07) is 0. The van der Waals surface area contributed by atoms with Crippen molar-refractivity contribution in [3.63, 3.8) is 0 Å². The lowest BCUT2D eigenvalue weighted by Crippen LogP contribution is -2.34. The Morgan fingerprint density at radius 3 is 1.02 bits per heavy atom. The van der Waals surface area contributed by atoms with Gasteiger partial charge in [0.1, 0.15) is 0 Å². The fraction of sp³-hybridized carbons (Fsp3) is 0.962. The zero-order chi connectivity index (χ0) is 45.9. The van der Waals surface area contributed by atoms with Gasteiger partial charge in [-0.25, -0.2) is 0 Å². The number of hydrogen-bond acceptors (Lipinski definition) is 10. The van der Waals surface area contributed by atoms with Gasteiger partial charge in [0.25, 0.3) is 0 Å². The third kappa shape index (κ3) is 47.0. The van der Waals surface area contributed by atoms with E-state index in [4.69, 9.17) is 28.4 Å². The molecular formula is C53H106N2O8. The Morgan fingerprint density at radius 2 is 0.683 bits per heavy atom. The van der Waals surface area contributed by atoms with Crippen LogP contribution in [0.25, 0.3) is 0 Å². The van der Waals surface area contributed by atoms with Crippen molar-refractivity contribution in [2.24, 2.45) is 0 Å². The molecule has 1 N–H and O–H groups in total. The SMILES string of the molecule is CCCCCCCCOC(CCC(=O)OCCCCN(CCCCOC(=O)CCC(OCCCCCCCC)OCCCCCCCC)CCNCCC)OCCCCCCCC. The topological polar surface area (TPSA) is 105 Å². The minimum absolute atomic E-state index is 0.168. The molecule has 0 rings (SSSR count). The molecule has 10 nitrogen and oxygen atoms in total. The highest BCUT2D eigenvalue weighted by Gasteiger charge is 2.15. The summed E-state index contributed by atoms with van der Waals surface area (Å²) in [5.74, 6) is -0.336. The van der Waals surface area contributed by atoms with Crippen molar-refractivity contribution in [1.29, 1.82) is 0 Å². The van der Waals surface area contributed by atoms with Gasteiger partial charge in [-0.2, -0.15) is 0 Å². The Kier molecular flexibility index (Phi) is 50.6. The molecule has 63 heavy (non-hydrogen) atoms. The maximum atomic E-state index is 12.7. The van der Waals surface area contributed by atoms with Crippen molar-refractivity contribution < 1.29 is 38.0 Å². The van der Waals surface area contributed by atoms with Crippen molar-refractivity contribution >= 4 is 11.9 Å². The molecule has 0 heterocycles. The first-order valence-corrected chi connectivity index (χ1v) is 27.2. The molecule has 0 aromatic rings. The molecule has 0 aliphatic heterocycles. The fourth-order valence-electron chi connectivity index (χ4n) is 7.56. The van der Waals surface area contributed by atoms with Crippen molar-refractivity contribution in [2.75, 3.05) is 72.4 Å². The van der Waals surface area contributed by atoms with Gasteiger partial charge >= 0.3 is 11.9 Å². The summed E-state index contributed by atoms with van der Waals surface area (Å²) < 4.78 is 35.8. The molecule has 0 saturated heterocycles. The Bertz CT molecular complexity index is 825. The van der Waals surface area contributed by atoms with Gasteiger partial charge in [0.15, 0.2) is 12.6 Å². The van der Waals surface area contributed by atoms with Crippen LogP contribution < -0.4 is 5.32 Å². The van der Waals surface area contributed by atoms with Crippen LogP contribution in [0.3, 0.4) is 0 Å². The van der Waals surface area contributed by atoms with Gasteiger partial charge in [-0.05, 0) is 77.4 Å². The molecule has 0 saturated carbocycles. The van der Waals surface area contributed by atoms with Crippen LogP contribution in [-0.4, -0.2) is 102 Å². The van der Waals surface area contributed by atoms with E-state index in [1.54, 1.807) is 0 Å². The van der Waals surface area contributed by atoms with Crippen LogP contribution in [0.4, 0.5) is 0 Å². The van der Waals surface area contributed by atoms with E-state index < -0.39 is 0 Å². The predicted molar refractivity (Wildman–Crippen MR) is 263 cm³/mol. The summed E-state index contributed by atoms with van der Waals surface area (Å²) in [6.45, 7) is 19.6. The van der Waals surface area contributed by atoms with Crippen LogP contribution in [0.1, 0.15) is 247 Å². The average molecular weight is 899 g/mol. The highest BCUT2D eigenvalue weighted by Crippen LogP contribution is 2.14. The predicted octanol–water partition coefficient (Wildman–Crippen LogP) is 13.7. The van der Waals surface area contributed by atoms with Crippen molar-refractivity contribution in [2.45, 2.75) is 259 Å². The third-order valence-electron chi connectivity index (χ3n) is 11.7. The first kappa shape index (κ1) is 61.7. The van der Waals surface area contributed by atoms with E-state index in [-0.39, 0.29) is 24.5 Å². The van der Waals surface area contributed by atoms with E-state index in [9.17, 15) is 9.59 Å². The van der Waals surface area contributed by atoms with E-state index in [2.05, 4.69) is 44.8 Å². The molecule has 0 aliphatic rings. The highest BCUT2D eigenvalue weighted by atomic mass is 16.7. The fourth-order valence-corrected chi connectivity index (χ4v) is 7.56. The maximum absolute atomic E-state index is 12.7. The minimum Gasteiger partial charge on any atom is -0.466 e. The standard InChI is InChI=1S/C53H106N2O8/c1-6-11-15-19-23-29-46-60-52(61-47-30-24-20-16-12-7-2)37-35-50(56)58-44-33-27-41-55(43-40-54-39-10-5)42-28-34-45-59-51(57)36-38-53(62-48-31-25-21-17-13-8-3)63-49-32-26-22-18-14-9-4/h52-54H,6-49H2,1-5H3. The Hall–Kier alpha value is -1.30. The van der Waals surface area contributed by atoms with Gasteiger partial charge in [-0.15, -0.1) is 0 Å². The van der Waals surface area contributed by atoms with Gasteiger partial charge in [0.05, 0.1) is 26.1 Å². The smallest absolute Gasteiger partial charge is 0.305 e. The lowest BCUT2D eigenvalue weighted by atomic mass is 10.1. The van der Waals surface area contributed by atoms with E-state index in [0.29, 0.717) is 65.3 Å². The second-order valence-corrected chi connectivity index (χ2v) is 17.9. The molecule has 0 amide bonds. The molecule has 0 bridgehead atoms. The summed E-state index contributed by atoms with van der Waals surface area (Å²) in [6.07, 6.45) is 35.0. The summed E-state index contributed by atoms with van der Waals surface area (Å²) in [7, 11) is 0. The van der Waals surface area contributed by atoms with Crippen LogP contribution in [0.2, 0.25) is 0 Å². The van der Waals surface area contributed by atoms with Crippen LogP contribution in [0.5, 0.6) is 0 Å². The van der Waals surface area contributed by atoms with Crippen molar-refractivity contribution in [3.8, 4) is 0 Å². The summed E-state index contributed by atoms with van der Waals surface area (Å²) in [4.78, 5) is 27.9. The average Bonchev–Trinajstić information content (AvgIpc) is 3.28. The summed E-state index contributed by atoms with van der Waals surface area (Å²) >= 11 is 0. The summed E-state index contributed by atoms with van der Waals surface area (Å²) in [5, 5.41) is 3.53. The Morgan fingerprint density at radius 1 is 0.365 bits per heavy atom. The van der Waals surface area contributed by atoms with Crippen LogP contribution >= 0.6 is 0 Å². The van der Waals surface area contributed by atoms with Crippen molar-refractivity contribution in [3.05, 3.63) is 0 Å². The molecule has 0 radical (unpaired) electrons. The molecule has 0 atom stereocenters. The first-order valence-electron chi connectivity index (χ1n) is 27.2. The Balaban J connectivity index is 4.58. The second-order valence-electron chi connectivity index (χ2n) is 17.9. The number of rotatable bonds is 53. The number of carbonyl (C=O) groups is 2. The quantitative estimate of drug-likeness (QED) is 0.0360. The van der Waals surface area contributed by atoms with E-state index in [0.717, 1.165) is 90.5 Å². The largest absolute Gasteiger partial charge is 0.466 e. The highest BCUT2D eigenvalue weighted by molar-refractivity contribution is 5.69. The van der Waals surface area contributed by atoms with Gasteiger partial charge in [-0.1, -0.05) is 163 Å². The van der Waals surface area contributed by atoms with Crippen molar-refractivity contribution in [1.82, 2.24) is 10.2 Å². The monoisotopic (exact) mass is 899 g/mol. The molecule has 0 aliphatic carbocycles. The Labute approximate surface area is 390 Å². The third-order valence-corrected chi connectivity index (χ3v) is 11.7. The number of ether oxygens (including phenoxy) is 6. The van der Waals surface area contributed by atoms with Gasteiger partial charge < -0.3 is 38.6 Å². The number of unbranched alkanes of at least 4 members (excludes halogenated alkanes) is 22. The lowest BCUT2D eigenvalue weighted by molar-refractivity contribution is -0.159. The molecule has 0 fully saturated rings. The number of nitrogens with one attached hydrogen (secondary N) is 1. The summed E-state index contributed by atoms with van der Waals surface area (Å²) in [5.41, 5.74) is 0. The van der Waals surface area contributed by atoms with Gasteiger partial charge in [0, 0.05) is 52.4 Å². The van der Waals surface area contributed by atoms with Gasteiger partial charge in [-0.3, -0.25) is 9.59 Å². The second kappa shape index (κ2) is 51.7. The van der Waals surface area contributed by atoms with Gasteiger partial charge in [0.2, 0.25) is 0 Å². The number of carbonyl (C=O) groups excluding carboxylic acids is 2.